The maximum Gasteiger partial charge on any atom is 0.343 e. The fraction of sp³-hybridized carbons (Fsp3) is 0.212. The van der Waals surface area contributed by atoms with E-state index in [4.69, 9.17) is 4.74 Å². The molecule has 0 aliphatic heterocycles. The molecule has 14 rings (SSSR count). The highest BCUT2D eigenvalue weighted by Gasteiger charge is 2.41. The molecule has 6 aliphatic rings. The molecule has 0 radical (unpaired) electrons. The van der Waals surface area contributed by atoms with Gasteiger partial charge in [-0.1, -0.05) is 301 Å². The SMILES string of the molecule is CC1=CC(=C2C=C(C(C)(C)C)C(=O)C(C(C)(C)C)=C2)C=C(C)C1=O.CCC(C)(C)C1=C/C(=C2/C=C(C(C)(C)CC)C(=O)c3ccccc32)c2ccccc2C1=O.O=C(C1=C(c2ccccc2)C(=O)c2ccccc2C1=O)c1ccccc1.O=C(OCc1ccccc1)C1=C(c2ccccc2)C(=O)c2ccccc2C1=O. The number of allylic oxidation sites excluding steroid dienone is 19. The standard InChI is InChI=1S/C30H32O2.C24H16O4.C23H14O3.C22H28O2/c1-7-29(3,4)25-17-23(19-13-9-11-15-21(19)27(25)31)24-18-26(30(5,6)8-2)28(32)22-16-12-10-14-20(22)24;25-22-18-13-7-8-14-19(18)23(26)21(20(22)17-11-5-2-6-12-17)24(27)28-15-16-9-3-1-4-10-16;24-21(16-11-5-2-6-12-16)20-19(15-9-3-1-4-10-15)22(25)17-13-7-8-14-18(17)23(20)26;1-13-9-15(10-14(2)19(13)23)16-11-17(21(3,4)5)20(24)18(12-16)22(6,7)8/h9-18H,7-8H2,1-6H3;1-14H,15H2;1-14H;9-12H,1-8H3/b24-23+;;;. The van der Waals surface area contributed by atoms with Crippen LogP contribution >= 0.6 is 0 Å². The van der Waals surface area contributed by atoms with Gasteiger partial charge in [0.1, 0.15) is 12.2 Å². The lowest BCUT2D eigenvalue weighted by Gasteiger charge is -2.33. The van der Waals surface area contributed by atoms with Crippen LogP contribution < -0.4 is 0 Å². The monoisotopic (exact) mass is 1450 g/mol. The number of hydrogen-bond donors (Lipinski definition) is 0. The predicted molar refractivity (Wildman–Crippen MR) is 436 cm³/mol. The molecule has 11 nitrogen and oxygen atoms in total. The number of carbonyl (C=O) groups is 10. The third-order valence-corrected chi connectivity index (χ3v) is 21.1. The molecule has 110 heavy (non-hydrogen) atoms. The van der Waals surface area contributed by atoms with Gasteiger partial charge in [-0.3, -0.25) is 43.2 Å². The highest BCUT2D eigenvalue weighted by molar-refractivity contribution is 6.49. The van der Waals surface area contributed by atoms with Crippen molar-refractivity contribution in [2.24, 2.45) is 21.7 Å². The number of benzene rings is 8. The van der Waals surface area contributed by atoms with Gasteiger partial charge < -0.3 is 4.74 Å². The molecule has 11 heteroatoms. The summed E-state index contributed by atoms with van der Waals surface area (Å²) < 4.78 is 5.38. The lowest BCUT2D eigenvalue weighted by atomic mass is 9.69. The van der Waals surface area contributed by atoms with E-state index in [1.807, 2.05) is 123 Å². The van der Waals surface area contributed by atoms with Crippen molar-refractivity contribution in [3.8, 4) is 0 Å². The van der Waals surface area contributed by atoms with Gasteiger partial charge in [-0.05, 0) is 146 Å². The molecule has 8 aromatic carbocycles. The first-order chi connectivity index (χ1) is 52.3. The van der Waals surface area contributed by atoms with Crippen molar-refractivity contribution in [2.45, 2.75) is 116 Å². The van der Waals surface area contributed by atoms with E-state index in [9.17, 15) is 47.9 Å². The molecule has 0 aromatic heterocycles. The van der Waals surface area contributed by atoms with E-state index in [0.717, 1.165) is 96.4 Å². The minimum Gasteiger partial charge on any atom is -0.457 e. The third-order valence-electron chi connectivity index (χ3n) is 21.1. The van der Waals surface area contributed by atoms with Crippen LogP contribution in [0.5, 0.6) is 0 Å². The number of Topliss-reactive ketones (excluding diaryl/α,β-unsaturated/α-hetero) is 9. The molecular formula is C99H90O11. The largest absolute Gasteiger partial charge is 0.457 e. The zero-order valence-electron chi connectivity index (χ0n) is 64.9. The van der Waals surface area contributed by atoms with Gasteiger partial charge in [-0.15, -0.1) is 0 Å². The molecule has 0 N–H and O–H groups in total. The van der Waals surface area contributed by atoms with Crippen molar-refractivity contribution in [3.05, 3.63) is 377 Å². The molecule has 0 bridgehead atoms. The summed E-state index contributed by atoms with van der Waals surface area (Å²) >= 11 is 0. The zero-order chi connectivity index (χ0) is 79.3. The van der Waals surface area contributed by atoms with E-state index in [-0.39, 0.29) is 96.4 Å². The fourth-order valence-electron chi connectivity index (χ4n) is 14.0. The summed E-state index contributed by atoms with van der Waals surface area (Å²) in [5.41, 5.74) is 14.7. The summed E-state index contributed by atoms with van der Waals surface area (Å²) in [5, 5.41) is 0. The van der Waals surface area contributed by atoms with Gasteiger partial charge >= 0.3 is 5.97 Å². The Morgan fingerprint density at radius 3 is 0.991 bits per heavy atom. The number of fused-ring (bicyclic) bond motifs is 4. The fourth-order valence-corrected chi connectivity index (χ4v) is 14.0. The van der Waals surface area contributed by atoms with E-state index < -0.39 is 23.3 Å². The lowest BCUT2D eigenvalue weighted by molar-refractivity contribution is -0.139. The summed E-state index contributed by atoms with van der Waals surface area (Å²) in [5.74, 6) is -2.35. The minimum atomic E-state index is -0.796. The van der Waals surface area contributed by atoms with Gasteiger partial charge in [0.05, 0.1) is 5.57 Å². The number of ether oxygens (including phenoxy) is 1. The van der Waals surface area contributed by atoms with Crippen LogP contribution in [0.3, 0.4) is 0 Å². The number of carbonyl (C=O) groups excluding carboxylic acids is 10. The zero-order valence-corrected chi connectivity index (χ0v) is 64.9. The van der Waals surface area contributed by atoms with Gasteiger partial charge in [0, 0.05) is 72.4 Å². The lowest BCUT2D eigenvalue weighted by Crippen LogP contribution is -2.28. The molecule has 8 aromatic rings. The van der Waals surface area contributed by atoms with Gasteiger partial charge in [-0.2, -0.15) is 0 Å². The summed E-state index contributed by atoms with van der Waals surface area (Å²) in [6.45, 7) is 28.9. The first-order valence-corrected chi connectivity index (χ1v) is 37.2. The molecule has 552 valence electrons. The second kappa shape index (κ2) is 32.2. The third kappa shape index (κ3) is 16.1. The Kier molecular flexibility index (Phi) is 23.1. The Morgan fingerprint density at radius 1 is 0.309 bits per heavy atom. The van der Waals surface area contributed by atoms with Crippen molar-refractivity contribution in [1.82, 2.24) is 0 Å². The van der Waals surface area contributed by atoms with Crippen LogP contribution in [0.25, 0.3) is 22.3 Å². The molecule has 6 aliphatic carbocycles. The highest BCUT2D eigenvalue weighted by Crippen LogP contribution is 2.48. The van der Waals surface area contributed by atoms with Gasteiger partial charge in [-0.25, -0.2) is 4.79 Å². The molecule has 0 heterocycles. The second-order valence-corrected chi connectivity index (χ2v) is 31.4. The summed E-state index contributed by atoms with van der Waals surface area (Å²) in [6, 6.07) is 64.3. The van der Waals surface area contributed by atoms with Crippen molar-refractivity contribution < 1.29 is 52.7 Å². The average molecular weight is 1460 g/mol. The number of hydrogen-bond acceptors (Lipinski definition) is 11. The molecule has 0 spiro atoms. The average Bonchev–Trinajstić information content (AvgIpc) is 0.746. The van der Waals surface area contributed by atoms with Crippen molar-refractivity contribution in [3.63, 3.8) is 0 Å². The van der Waals surface area contributed by atoms with E-state index in [0.29, 0.717) is 27.8 Å². The number of rotatable bonds is 11. The first-order valence-electron chi connectivity index (χ1n) is 37.2. The minimum absolute atomic E-state index is 0.0222. The van der Waals surface area contributed by atoms with Crippen LogP contribution in [0.2, 0.25) is 0 Å². The Bertz CT molecular complexity index is 5340. The van der Waals surface area contributed by atoms with Gasteiger partial charge in [0.2, 0.25) is 5.78 Å². The van der Waals surface area contributed by atoms with Crippen LogP contribution in [-0.2, 0) is 25.7 Å². The predicted octanol–water partition coefficient (Wildman–Crippen LogP) is 21.7. The van der Waals surface area contributed by atoms with Crippen LogP contribution in [0, 0.1) is 21.7 Å². The smallest absolute Gasteiger partial charge is 0.343 e. The Labute approximate surface area is 644 Å². The van der Waals surface area contributed by atoms with E-state index in [1.165, 1.54) is 0 Å². The molecule has 0 saturated heterocycles. The maximum absolute atomic E-state index is 13.5. The second-order valence-electron chi connectivity index (χ2n) is 31.4. The molecule has 0 unspecified atom stereocenters. The Hall–Kier alpha value is -12.3. The highest BCUT2D eigenvalue weighted by atomic mass is 16.5. The molecular weight excluding hydrogens is 1370 g/mol. The molecule has 0 amide bonds. The topological polar surface area (TPSA) is 180 Å². The molecule has 0 fully saturated rings. The van der Waals surface area contributed by atoms with Crippen LogP contribution in [0.15, 0.2) is 311 Å². The quantitative estimate of drug-likeness (QED) is 0.0683. The van der Waals surface area contributed by atoms with Crippen LogP contribution in [-0.4, -0.2) is 58.0 Å². The Balaban J connectivity index is 0.000000146. The van der Waals surface area contributed by atoms with Gasteiger partial charge in [0.15, 0.2) is 46.3 Å². The summed E-state index contributed by atoms with van der Waals surface area (Å²) in [4.78, 5) is 130. The van der Waals surface area contributed by atoms with E-state index in [1.54, 1.807) is 133 Å². The van der Waals surface area contributed by atoms with E-state index >= 15 is 0 Å². The molecule has 0 saturated carbocycles. The van der Waals surface area contributed by atoms with Gasteiger partial charge in [0.25, 0.3) is 0 Å². The van der Waals surface area contributed by atoms with Crippen LogP contribution in [0.1, 0.15) is 210 Å². The normalized spacial score (nSPS) is 16.3. The van der Waals surface area contributed by atoms with Crippen molar-refractivity contribution >= 4 is 80.3 Å². The maximum atomic E-state index is 13.5. The number of esters is 1. The first kappa shape index (κ1) is 78.7. The van der Waals surface area contributed by atoms with Crippen molar-refractivity contribution in [2.75, 3.05) is 0 Å². The summed E-state index contributed by atoms with van der Waals surface area (Å²) in [7, 11) is 0. The van der Waals surface area contributed by atoms with E-state index in [2.05, 4.69) is 95.2 Å². The summed E-state index contributed by atoms with van der Waals surface area (Å²) in [6.07, 6.45) is 13.8. The number of ketones is 9. The molecule has 0 atom stereocenters. The van der Waals surface area contributed by atoms with Crippen LogP contribution in [0.4, 0.5) is 0 Å². The Morgan fingerprint density at radius 2 is 0.618 bits per heavy atom. The van der Waals surface area contributed by atoms with Crippen molar-refractivity contribution in [1.29, 1.82) is 0 Å².